The molecule has 0 unspecified atom stereocenters. The molecule has 1 atom stereocenters. The van der Waals surface area contributed by atoms with Crippen LogP contribution in [0.5, 0.6) is 0 Å². The van der Waals surface area contributed by atoms with Gasteiger partial charge in [0.1, 0.15) is 0 Å². The molecule has 0 aliphatic heterocycles. The average Bonchev–Trinajstić information content (AvgIpc) is 2.72. The van der Waals surface area contributed by atoms with Crippen LogP contribution in [0.3, 0.4) is 0 Å². The van der Waals surface area contributed by atoms with E-state index in [2.05, 4.69) is 29.2 Å². The minimum absolute atomic E-state index is 0. The molecule has 0 aliphatic carbocycles. The Labute approximate surface area is 102 Å². The first-order chi connectivity index (χ1) is 7.31. The number of aromatic nitrogens is 1. The Balaban J connectivity index is 0.00000128. The van der Waals surface area contributed by atoms with Crippen LogP contribution in [0.15, 0.2) is 30.5 Å². The third kappa shape index (κ3) is 2.76. The van der Waals surface area contributed by atoms with Gasteiger partial charge in [0.05, 0.1) is 0 Å². The van der Waals surface area contributed by atoms with Gasteiger partial charge < -0.3 is 16.5 Å². The molecule has 4 heteroatoms. The highest BCUT2D eigenvalue weighted by Gasteiger charge is 2.06. The molecular weight excluding hydrogens is 222 g/mol. The minimum atomic E-state index is 0. The monoisotopic (exact) mass is 239 g/mol. The van der Waals surface area contributed by atoms with Crippen molar-refractivity contribution in [3.05, 3.63) is 36.0 Å². The van der Waals surface area contributed by atoms with E-state index in [0.29, 0.717) is 6.54 Å². The van der Waals surface area contributed by atoms with Gasteiger partial charge in [-0.15, -0.1) is 12.4 Å². The number of hydrogen-bond acceptors (Lipinski definition) is 2. The molecule has 88 valence electrons. The Morgan fingerprint density at radius 1 is 1.25 bits per heavy atom. The van der Waals surface area contributed by atoms with Gasteiger partial charge in [-0.2, -0.15) is 0 Å². The molecule has 0 saturated carbocycles. The molecule has 1 aromatic heterocycles. The van der Waals surface area contributed by atoms with E-state index in [4.69, 9.17) is 11.5 Å². The van der Waals surface area contributed by atoms with Gasteiger partial charge in [0.2, 0.25) is 0 Å². The van der Waals surface area contributed by atoms with Crippen molar-refractivity contribution in [2.45, 2.75) is 18.9 Å². The Morgan fingerprint density at radius 3 is 2.81 bits per heavy atom. The van der Waals surface area contributed by atoms with Crippen LogP contribution in [0, 0.1) is 0 Å². The Bertz CT molecular complexity index is 439. The van der Waals surface area contributed by atoms with Gasteiger partial charge >= 0.3 is 0 Å². The van der Waals surface area contributed by atoms with Crippen LogP contribution in [0.1, 0.15) is 24.4 Å². The van der Waals surface area contributed by atoms with Gasteiger partial charge in [0.25, 0.3) is 0 Å². The standard InChI is InChI=1S/C12H17N3.ClH/c13-6-1-2-11(14)9-3-4-12-10(8-9)5-7-15-12;/h3-5,7-8,11,15H,1-2,6,13-14H2;1H/t11-;/m0./s1. The molecule has 0 spiro atoms. The fourth-order valence-corrected chi connectivity index (χ4v) is 1.81. The van der Waals surface area contributed by atoms with E-state index in [-0.39, 0.29) is 18.4 Å². The molecular formula is C12H18ClN3. The predicted molar refractivity (Wildman–Crippen MR) is 70.8 cm³/mol. The highest BCUT2D eigenvalue weighted by molar-refractivity contribution is 5.85. The van der Waals surface area contributed by atoms with Crippen molar-refractivity contribution >= 4 is 23.3 Å². The molecule has 0 radical (unpaired) electrons. The van der Waals surface area contributed by atoms with Crippen molar-refractivity contribution in [2.24, 2.45) is 11.5 Å². The number of H-pyrrole nitrogens is 1. The number of rotatable bonds is 4. The number of fused-ring (bicyclic) bond motifs is 1. The summed E-state index contributed by atoms with van der Waals surface area (Å²) in [6.07, 6.45) is 3.87. The summed E-state index contributed by atoms with van der Waals surface area (Å²) in [6.45, 7) is 0.708. The SMILES string of the molecule is Cl.NCCC[C@H](N)c1ccc2[nH]ccc2c1. The summed E-state index contributed by atoms with van der Waals surface area (Å²) in [5.41, 5.74) is 13.9. The van der Waals surface area contributed by atoms with Crippen molar-refractivity contribution in [3.63, 3.8) is 0 Å². The number of aromatic amines is 1. The van der Waals surface area contributed by atoms with E-state index in [1.165, 1.54) is 10.9 Å². The molecule has 16 heavy (non-hydrogen) atoms. The van der Waals surface area contributed by atoms with Crippen LogP contribution >= 0.6 is 12.4 Å². The van der Waals surface area contributed by atoms with E-state index >= 15 is 0 Å². The van der Waals surface area contributed by atoms with Gasteiger partial charge in [-0.05, 0) is 48.5 Å². The fraction of sp³-hybridized carbons (Fsp3) is 0.333. The van der Waals surface area contributed by atoms with Gasteiger partial charge in [-0.25, -0.2) is 0 Å². The molecule has 0 saturated heterocycles. The summed E-state index contributed by atoms with van der Waals surface area (Å²) in [7, 11) is 0. The summed E-state index contributed by atoms with van der Waals surface area (Å²) in [6, 6.07) is 8.47. The van der Waals surface area contributed by atoms with Gasteiger partial charge in [0, 0.05) is 17.8 Å². The van der Waals surface area contributed by atoms with E-state index in [9.17, 15) is 0 Å². The normalized spacial score (nSPS) is 12.4. The van der Waals surface area contributed by atoms with E-state index < -0.39 is 0 Å². The first kappa shape index (κ1) is 13.0. The lowest BCUT2D eigenvalue weighted by Gasteiger charge is -2.11. The largest absolute Gasteiger partial charge is 0.361 e. The maximum atomic E-state index is 6.08. The van der Waals surface area contributed by atoms with E-state index in [1.54, 1.807) is 0 Å². The number of hydrogen-bond donors (Lipinski definition) is 3. The third-order valence-corrected chi connectivity index (χ3v) is 2.72. The lowest BCUT2D eigenvalue weighted by Crippen LogP contribution is -2.12. The second kappa shape index (κ2) is 5.89. The summed E-state index contributed by atoms with van der Waals surface area (Å²) in [5, 5.41) is 1.22. The molecule has 2 aromatic rings. The van der Waals surface area contributed by atoms with Crippen molar-refractivity contribution in [3.8, 4) is 0 Å². The summed E-state index contributed by atoms with van der Waals surface area (Å²) in [4.78, 5) is 3.17. The Morgan fingerprint density at radius 2 is 2.06 bits per heavy atom. The van der Waals surface area contributed by atoms with Crippen LogP contribution in [0.2, 0.25) is 0 Å². The predicted octanol–water partition coefficient (Wildman–Crippen LogP) is 2.33. The van der Waals surface area contributed by atoms with Crippen molar-refractivity contribution in [1.29, 1.82) is 0 Å². The second-order valence-corrected chi connectivity index (χ2v) is 3.86. The molecule has 1 heterocycles. The van der Waals surface area contributed by atoms with Crippen molar-refractivity contribution < 1.29 is 0 Å². The lowest BCUT2D eigenvalue weighted by molar-refractivity contribution is 0.618. The lowest BCUT2D eigenvalue weighted by atomic mass is 10.0. The highest BCUT2D eigenvalue weighted by Crippen LogP contribution is 2.20. The molecule has 0 bridgehead atoms. The molecule has 5 N–H and O–H groups in total. The Kier molecular flexibility index (Phi) is 4.80. The zero-order valence-corrected chi connectivity index (χ0v) is 9.96. The summed E-state index contributed by atoms with van der Waals surface area (Å²) in [5.74, 6) is 0. The quantitative estimate of drug-likeness (QED) is 0.767. The molecule has 0 aliphatic rings. The smallest absolute Gasteiger partial charge is 0.0454 e. The third-order valence-electron chi connectivity index (χ3n) is 2.72. The van der Waals surface area contributed by atoms with Gasteiger partial charge in [0.15, 0.2) is 0 Å². The summed E-state index contributed by atoms with van der Waals surface area (Å²) >= 11 is 0. The van der Waals surface area contributed by atoms with Crippen LogP contribution in [0.4, 0.5) is 0 Å². The average molecular weight is 240 g/mol. The maximum absolute atomic E-state index is 6.08. The van der Waals surface area contributed by atoms with Gasteiger partial charge in [-0.3, -0.25) is 0 Å². The zero-order chi connectivity index (χ0) is 10.7. The zero-order valence-electron chi connectivity index (χ0n) is 9.15. The number of benzene rings is 1. The topological polar surface area (TPSA) is 67.8 Å². The van der Waals surface area contributed by atoms with Crippen molar-refractivity contribution in [2.75, 3.05) is 6.54 Å². The first-order valence-corrected chi connectivity index (χ1v) is 5.34. The molecule has 0 fully saturated rings. The number of nitrogens with two attached hydrogens (primary N) is 2. The van der Waals surface area contributed by atoms with Crippen LogP contribution in [-0.2, 0) is 0 Å². The number of nitrogens with one attached hydrogen (secondary N) is 1. The maximum Gasteiger partial charge on any atom is 0.0454 e. The van der Waals surface area contributed by atoms with E-state index in [0.717, 1.165) is 18.4 Å². The number of halogens is 1. The molecule has 1 aromatic carbocycles. The van der Waals surface area contributed by atoms with Crippen LogP contribution < -0.4 is 11.5 Å². The molecule has 3 nitrogen and oxygen atoms in total. The minimum Gasteiger partial charge on any atom is -0.361 e. The van der Waals surface area contributed by atoms with Gasteiger partial charge in [-0.1, -0.05) is 6.07 Å². The Hall–Kier alpha value is -1.03. The van der Waals surface area contributed by atoms with E-state index in [1.807, 2.05) is 6.20 Å². The fourth-order valence-electron chi connectivity index (χ4n) is 1.81. The summed E-state index contributed by atoms with van der Waals surface area (Å²) < 4.78 is 0. The second-order valence-electron chi connectivity index (χ2n) is 3.86. The van der Waals surface area contributed by atoms with Crippen LogP contribution in [0.25, 0.3) is 10.9 Å². The molecule has 0 amide bonds. The van der Waals surface area contributed by atoms with Crippen LogP contribution in [-0.4, -0.2) is 11.5 Å². The first-order valence-electron chi connectivity index (χ1n) is 5.34. The highest BCUT2D eigenvalue weighted by atomic mass is 35.5. The molecule has 2 rings (SSSR count). The van der Waals surface area contributed by atoms with Crippen molar-refractivity contribution in [1.82, 2.24) is 4.98 Å².